The standard InChI is InChI=1S/C30H30F2N8/c1-18-7-5-6-8-22(18)27(24-16-40(39-38-24)30(9-10-30)28(31)32)37-21-11-19(13-33)25-23(12-21)26(20(14-34)15-35-25)36-17-29(2,3)4/h5-8,11-12,15-16,27-28,37H,9-10,17H2,1-4H3,(H,35,36). The van der Waals surface area contributed by atoms with Crippen molar-refractivity contribution in [3.05, 3.63) is 76.7 Å². The third-order valence-electron chi connectivity index (χ3n) is 7.25. The number of benzene rings is 2. The molecular formula is C30H30F2N8. The minimum atomic E-state index is -2.54. The maximum absolute atomic E-state index is 13.8. The summed E-state index contributed by atoms with van der Waals surface area (Å²) in [6.45, 7) is 8.82. The summed E-state index contributed by atoms with van der Waals surface area (Å²) in [6, 6.07) is 15.2. The van der Waals surface area contributed by atoms with Gasteiger partial charge in [0.2, 0.25) is 0 Å². The SMILES string of the molecule is Cc1ccccc1C(Nc1cc(C#N)c2ncc(C#N)c(NCC(C)(C)C)c2c1)c1cn(C2(C(F)F)CC2)nn1. The Morgan fingerprint density at radius 2 is 1.82 bits per heavy atom. The normalized spacial score (nSPS) is 14.9. The van der Waals surface area contributed by atoms with Gasteiger partial charge in [-0.05, 0) is 48.4 Å². The van der Waals surface area contributed by atoms with E-state index in [2.05, 4.69) is 58.8 Å². The van der Waals surface area contributed by atoms with Crippen LogP contribution in [0.2, 0.25) is 0 Å². The largest absolute Gasteiger partial charge is 0.383 e. The summed E-state index contributed by atoms with van der Waals surface area (Å²) in [7, 11) is 0. The first-order valence-electron chi connectivity index (χ1n) is 13.1. The van der Waals surface area contributed by atoms with Crippen LogP contribution < -0.4 is 10.6 Å². The van der Waals surface area contributed by atoms with E-state index in [4.69, 9.17) is 0 Å². The first kappa shape index (κ1) is 27.0. The van der Waals surface area contributed by atoms with E-state index in [1.54, 1.807) is 12.3 Å². The first-order valence-corrected chi connectivity index (χ1v) is 13.1. The summed E-state index contributed by atoms with van der Waals surface area (Å²) in [4.78, 5) is 4.42. The van der Waals surface area contributed by atoms with E-state index in [9.17, 15) is 19.3 Å². The van der Waals surface area contributed by atoms with Gasteiger partial charge in [-0.25, -0.2) is 13.5 Å². The molecule has 2 aromatic carbocycles. The molecule has 0 amide bonds. The molecule has 0 aliphatic heterocycles. The van der Waals surface area contributed by atoms with E-state index in [0.29, 0.717) is 58.5 Å². The highest BCUT2D eigenvalue weighted by Gasteiger charge is 2.54. The second kappa shape index (κ2) is 10.2. The van der Waals surface area contributed by atoms with Crippen LogP contribution in [0.5, 0.6) is 0 Å². The molecule has 1 saturated carbocycles. The van der Waals surface area contributed by atoms with Crippen molar-refractivity contribution in [1.82, 2.24) is 20.0 Å². The molecular weight excluding hydrogens is 510 g/mol. The summed E-state index contributed by atoms with van der Waals surface area (Å²) in [6.07, 6.45) is 1.23. The molecule has 1 unspecified atom stereocenters. The number of hydrogen-bond donors (Lipinski definition) is 2. The van der Waals surface area contributed by atoms with Crippen LogP contribution >= 0.6 is 0 Å². The Morgan fingerprint density at radius 3 is 2.45 bits per heavy atom. The van der Waals surface area contributed by atoms with Crippen LogP contribution in [0.15, 0.2) is 48.8 Å². The van der Waals surface area contributed by atoms with Crippen LogP contribution in [0, 0.1) is 35.0 Å². The minimum absolute atomic E-state index is 0.0604. The molecule has 40 heavy (non-hydrogen) atoms. The van der Waals surface area contributed by atoms with Gasteiger partial charge in [-0.1, -0.05) is 50.3 Å². The van der Waals surface area contributed by atoms with Crippen LogP contribution in [0.4, 0.5) is 20.2 Å². The molecule has 0 saturated heterocycles. The number of pyridine rings is 1. The van der Waals surface area contributed by atoms with Crippen molar-refractivity contribution in [2.24, 2.45) is 5.41 Å². The second-order valence-electron chi connectivity index (χ2n) is 11.5. The number of nitriles is 2. The molecule has 1 fully saturated rings. The Bertz CT molecular complexity index is 1650. The van der Waals surface area contributed by atoms with Gasteiger partial charge in [-0.15, -0.1) is 5.10 Å². The number of halogens is 2. The number of aryl methyl sites for hydroxylation is 1. The van der Waals surface area contributed by atoms with E-state index in [-0.39, 0.29) is 5.41 Å². The molecule has 2 heterocycles. The number of anilines is 2. The summed E-state index contributed by atoms with van der Waals surface area (Å²) < 4.78 is 28.9. The Morgan fingerprint density at radius 1 is 1.10 bits per heavy atom. The van der Waals surface area contributed by atoms with Crippen molar-refractivity contribution in [2.75, 3.05) is 17.2 Å². The van der Waals surface area contributed by atoms with E-state index in [1.807, 2.05) is 37.3 Å². The molecule has 1 aliphatic carbocycles. The molecule has 8 nitrogen and oxygen atoms in total. The lowest BCUT2D eigenvalue weighted by Crippen LogP contribution is -2.26. The smallest absolute Gasteiger partial charge is 0.263 e. The fourth-order valence-electron chi connectivity index (χ4n) is 4.79. The maximum atomic E-state index is 13.8. The number of fused-ring (bicyclic) bond motifs is 1. The molecule has 0 spiro atoms. The van der Waals surface area contributed by atoms with Crippen LogP contribution in [0.3, 0.4) is 0 Å². The average molecular weight is 541 g/mol. The molecule has 2 N–H and O–H groups in total. The first-order chi connectivity index (χ1) is 19.1. The van der Waals surface area contributed by atoms with Crippen LogP contribution in [-0.4, -0.2) is 32.9 Å². The Balaban J connectivity index is 1.62. The predicted molar refractivity (Wildman–Crippen MR) is 149 cm³/mol. The molecule has 5 rings (SSSR count). The van der Waals surface area contributed by atoms with Gasteiger partial charge in [0.05, 0.1) is 34.6 Å². The number of nitrogens with zero attached hydrogens (tertiary/aromatic N) is 6. The fraction of sp³-hybridized carbons (Fsp3) is 0.367. The van der Waals surface area contributed by atoms with E-state index >= 15 is 0 Å². The highest BCUT2D eigenvalue weighted by atomic mass is 19.3. The highest BCUT2D eigenvalue weighted by Crippen LogP contribution is 2.48. The average Bonchev–Trinajstić information content (AvgIpc) is 3.60. The quantitative estimate of drug-likeness (QED) is 0.270. The van der Waals surface area contributed by atoms with E-state index in [0.717, 1.165) is 11.1 Å². The number of hydrogen-bond acceptors (Lipinski definition) is 7. The number of alkyl halides is 2. The maximum Gasteiger partial charge on any atom is 0.263 e. The Hall–Kier alpha value is -4.57. The summed E-state index contributed by atoms with van der Waals surface area (Å²) in [5, 5.41) is 35.7. The van der Waals surface area contributed by atoms with Gasteiger partial charge in [0.25, 0.3) is 6.43 Å². The van der Waals surface area contributed by atoms with Gasteiger partial charge in [0.1, 0.15) is 23.4 Å². The van der Waals surface area contributed by atoms with Crippen molar-refractivity contribution >= 4 is 22.3 Å². The lowest BCUT2D eigenvalue weighted by atomic mass is 9.96. The van der Waals surface area contributed by atoms with Gasteiger partial charge in [0, 0.05) is 23.8 Å². The molecule has 0 radical (unpaired) electrons. The third-order valence-corrected chi connectivity index (χ3v) is 7.25. The lowest BCUT2D eigenvalue weighted by molar-refractivity contribution is 0.0593. The molecule has 2 aromatic heterocycles. The van der Waals surface area contributed by atoms with Gasteiger partial charge < -0.3 is 10.6 Å². The van der Waals surface area contributed by atoms with Crippen molar-refractivity contribution in [3.63, 3.8) is 0 Å². The van der Waals surface area contributed by atoms with E-state index in [1.165, 1.54) is 10.9 Å². The third kappa shape index (κ3) is 5.05. The highest BCUT2D eigenvalue weighted by molar-refractivity contribution is 5.99. The fourth-order valence-corrected chi connectivity index (χ4v) is 4.79. The second-order valence-corrected chi connectivity index (χ2v) is 11.5. The monoisotopic (exact) mass is 540 g/mol. The summed E-state index contributed by atoms with van der Waals surface area (Å²) >= 11 is 0. The summed E-state index contributed by atoms with van der Waals surface area (Å²) in [5.41, 5.74) is 3.39. The molecule has 204 valence electrons. The van der Waals surface area contributed by atoms with Gasteiger partial charge >= 0.3 is 0 Å². The zero-order valence-corrected chi connectivity index (χ0v) is 22.8. The van der Waals surface area contributed by atoms with Gasteiger partial charge in [-0.2, -0.15) is 10.5 Å². The van der Waals surface area contributed by atoms with Gasteiger partial charge in [-0.3, -0.25) is 4.98 Å². The molecule has 4 aromatic rings. The Labute approximate surface area is 231 Å². The number of nitrogens with one attached hydrogen (secondary N) is 2. The van der Waals surface area contributed by atoms with Crippen LogP contribution in [-0.2, 0) is 5.54 Å². The lowest BCUT2D eigenvalue weighted by Gasteiger charge is -2.23. The van der Waals surface area contributed by atoms with Crippen LogP contribution in [0.1, 0.15) is 67.6 Å². The van der Waals surface area contributed by atoms with Crippen molar-refractivity contribution in [2.45, 2.75) is 58.5 Å². The Kier molecular flexibility index (Phi) is 6.89. The molecule has 1 atom stereocenters. The van der Waals surface area contributed by atoms with Crippen LogP contribution in [0.25, 0.3) is 10.9 Å². The molecule has 0 bridgehead atoms. The zero-order valence-electron chi connectivity index (χ0n) is 22.8. The molecule has 10 heteroatoms. The number of aromatic nitrogens is 4. The van der Waals surface area contributed by atoms with E-state index < -0.39 is 18.0 Å². The number of rotatable bonds is 8. The van der Waals surface area contributed by atoms with Crippen molar-refractivity contribution in [1.29, 1.82) is 10.5 Å². The van der Waals surface area contributed by atoms with Gasteiger partial charge in [0.15, 0.2) is 0 Å². The minimum Gasteiger partial charge on any atom is -0.383 e. The predicted octanol–water partition coefficient (Wildman–Crippen LogP) is 6.29. The summed E-state index contributed by atoms with van der Waals surface area (Å²) in [5.74, 6) is 0. The van der Waals surface area contributed by atoms with Crippen molar-refractivity contribution in [3.8, 4) is 12.1 Å². The topological polar surface area (TPSA) is 115 Å². The zero-order chi connectivity index (χ0) is 28.7. The van der Waals surface area contributed by atoms with Crippen molar-refractivity contribution < 1.29 is 8.78 Å². The molecule has 1 aliphatic rings.